The second-order valence-electron chi connectivity index (χ2n) is 5.48. The summed E-state index contributed by atoms with van der Waals surface area (Å²) in [5.41, 5.74) is 1.38. The molecule has 1 aliphatic rings. The van der Waals surface area contributed by atoms with Gasteiger partial charge in [-0.2, -0.15) is 0 Å². The molecule has 1 unspecified atom stereocenters. The molecule has 3 heteroatoms. The van der Waals surface area contributed by atoms with Crippen LogP contribution in [0.2, 0.25) is 5.02 Å². The van der Waals surface area contributed by atoms with Crippen LogP contribution in [0.5, 0.6) is 0 Å². The van der Waals surface area contributed by atoms with Gasteiger partial charge in [-0.1, -0.05) is 23.7 Å². The van der Waals surface area contributed by atoms with Gasteiger partial charge in [0.1, 0.15) is 0 Å². The summed E-state index contributed by atoms with van der Waals surface area (Å²) in [6, 6.07) is 8.82. The lowest BCUT2D eigenvalue weighted by Gasteiger charge is -2.19. The van der Waals surface area contributed by atoms with Gasteiger partial charge in [0.2, 0.25) is 0 Å². The molecule has 18 heavy (non-hydrogen) atoms. The Morgan fingerprint density at radius 1 is 1.28 bits per heavy atom. The molecule has 0 amide bonds. The van der Waals surface area contributed by atoms with Crippen molar-refractivity contribution in [1.82, 2.24) is 10.2 Å². The molecule has 1 aromatic rings. The summed E-state index contributed by atoms with van der Waals surface area (Å²) < 4.78 is 0. The number of rotatable bonds is 7. The van der Waals surface area contributed by atoms with Crippen LogP contribution in [0.25, 0.3) is 0 Å². The first-order chi connectivity index (χ1) is 8.66. The van der Waals surface area contributed by atoms with Gasteiger partial charge >= 0.3 is 0 Å². The van der Waals surface area contributed by atoms with Crippen molar-refractivity contribution in [3.63, 3.8) is 0 Å². The molecule has 1 fully saturated rings. The summed E-state index contributed by atoms with van der Waals surface area (Å²) in [4.78, 5) is 2.23. The summed E-state index contributed by atoms with van der Waals surface area (Å²) in [6.07, 6.45) is 3.91. The third-order valence-corrected chi connectivity index (χ3v) is 3.72. The molecule has 0 aliphatic heterocycles. The molecule has 0 spiro atoms. The molecule has 1 atom stereocenters. The van der Waals surface area contributed by atoms with Crippen LogP contribution in [-0.2, 0) is 0 Å². The van der Waals surface area contributed by atoms with Crippen molar-refractivity contribution < 1.29 is 0 Å². The Morgan fingerprint density at radius 2 is 1.94 bits per heavy atom. The van der Waals surface area contributed by atoms with Crippen LogP contribution < -0.4 is 5.32 Å². The first-order valence-corrected chi connectivity index (χ1v) is 7.18. The van der Waals surface area contributed by atoms with E-state index in [1.165, 1.54) is 24.8 Å². The average molecular weight is 267 g/mol. The van der Waals surface area contributed by atoms with E-state index >= 15 is 0 Å². The third-order valence-electron chi connectivity index (χ3n) is 3.47. The Balaban J connectivity index is 1.86. The molecule has 0 bridgehead atoms. The highest BCUT2D eigenvalue weighted by Gasteiger charge is 2.31. The van der Waals surface area contributed by atoms with Gasteiger partial charge in [-0.3, -0.25) is 0 Å². The molecule has 0 radical (unpaired) electrons. The van der Waals surface area contributed by atoms with Gasteiger partial charge in [0.05, 0.1) is 0 Å². The zero-order valence-electron chi connectivity index (χ0n) is 11.3. The molecule has 0 heterocycles. The molecule has 1 N–H and O–H groups in total. The number of benzene rings is 1. The predicted molar refractivity (Wildman–Crippen MR) is 78.1 cm³/mol. The fraction of sp³-hybridized carbons (Fsp3) is 0.600. The minimum atomic E-state index is 0.518. The number of nitrogens with zero attached hydrogens (tertiary/aromatic N) is 1. The molecular formula is C15H23ClN2. The van der Waals surface area contributed by atoms with E-state index < -0.39 is 0 Å². The highest BCUT2D eigenvalue weighted by atomic mass is 35.5. The maximum absolute atomic E-state index is 5.95. The minimum Gasteiger partial charge on any atom is -0.310 e. The van der Waals surface area contributed by atoms with Crippen molar-refractivity contribution in [2.45, 2.75) is 25.3 Å². The Labute approximate surface area is 115 Å². The first-order valence-electron chi connectivity index (χ1n) is 6.80. The van der Waals surface area contributed by atoms with E-state index in [-0.39, 0.29) is 0 Å². The van der Waals surface area contributed by atoms with E-state index in [9.17, 15) is 0 Å². The number of hydrogen-bond acceptors (Lipinski definition) is 2. The van der Waals surface area contributed by atoms with Gasteiger partial charge in [-0.15, -0.1) is 0 Å². The van der Waals surface area contributed by atoms with Gasteiger partial charge in [-0.05, 0) is 70.1 Å². The lowest BCUT2D eigenvalue weighted by atomic mass is 10.0. The normalized spacial score (nSPS) is 17.1. The second-order valence-corrected chi connectivity index (χ2v) is 5.91. The van der Waals surface area contributed by atoms with Crippen LogP contribution in [0.15, 0.2) is 24.3 Å². The van der Waals surface area contributed by atoms with Crippen LogP contribution >= 0.6 is 11.6 Å². The molecule has 0 saturated heterocycles. The molecule has 100 valence electrons. The van der Waals surface area contributed by atoms with Crippen molar-refractivity contribution in [2.24, 2.45) is 5.92 Å². The molecule has 1 aliphatic carbocycles. The van der Waals surface area contributed by atoms with Crippen molar-refractivity contribution in [1.29, 1.82) is 0 Å². The lowest BCUT2D eigenvalue weighted by Crippen LogP contribution is -2.26. The van der Waals surface area contributed by atoms with Gasteiger partial charge < -0.3 is 10.2 Å². The minimum absolute atomic E-state index is 0.518. The Bertz CT molecular complexity index is 357. The van der Waals surface area contributed by atoms with Gasteiger partial charge in [-0.25, -0.2) is 0 Å². The average Bonchev–Trinajstić information content (AvgIpc) is 3.15. The SMILES string of the molecule is CN(C)CCCNC(c1ccc(Cl)cc1)C1CC1. The maximum Gasteiger partial charge on any atom is 0.0406 e. The van der Waals surface area contributed by atoms with E-state index in [1.54, 1.807) is 0 Å². The van der Waals surface area contributed by atoms with Gasteiger partial charge in [0.25, 0.3) is 0 Å². The molecular weight excluding hydrogens is 244 g/mol. The largest absolute Gasteiger partial charge is 0.310 e. The van der Waals surface area contributed by atoms with Crippen LogP contribution in [0.1, 0.15) is 30.9 Å². The molecule has 2 rings (SSSR count). The highest BCUT2D eigenvalue weighted by molar-refractivity contribution is 6.30. The van der Waals surface area contributed by atoms with E-state index in [4.69, 9.17) is 11.6 Å². The zero-order valence-corrected chi connectivity index (χ0v) is 12.1. The monoisotopic (exact) mass is 266 g/mol. The Morgan fingerprint density at radius 3 is 2.50 bits per heavy atom. The van der Waals surface area contributed by atoms with Crippen molar-refractivity contribution in [3.8, 4) is 0 Å². The molecule has 0 aromatic heterocycles. The quantitative estimate of drug-likeness (QED) is 0.762. The maximum atomic E-state index is 5.95. The number of hydrogen-bond donors (Lipinski definition) is 1. The second kappa shape index (κ2) is 6.55. The zero-order chi connectivity index (χ0) is 13.0. The Kier molecular flexibility index (Phi) is 5.04. The van der Waals surface area contributed by atoms with E-state index in [2.05, 4.69) is 36.4 Å². The van der Waals surface area contributed by atoms with Crippen LogP contribution in [-0.4, -0.2) is 32.1 Å². The standard InChI is InChI=1S/C15H23ClN2/c1-18(2)11-3-10-17-15(12-4-5-12)13-6-8-14(16)9-7-13/h6-9,12,15,17H,3-5,10-11H2,1-2H3. The van der Waals surface area contributed by atoms with Crippen molar-refractivity contribution in [3.05, 3.63) is 34.9 Å². The van der Waals surface area contributed by atoms with Crippen molar-refractivity contribution in [2.75, 3.05) is 27.2 Å². The fourth-order valence-electron chi connectivity index (χ4n) is 2.31. The summed E-state index contributed by atoms with van der Waals surface area (Å²) >= 11 is 5.95. The smallest absolute Gasteiger partial charge is 0.0406 e. The third kappa shape index (κ3) is 4.27. The molecule has 1 saturated carbocycles. The van der Waals surface area contributed by atoms with Crippen LogP contribution in [0.4, 0.5) is 0 Å². The lowest BCUT2D eigenvalue weighted by molar-refractivity contribution is 0.380. The number of halogens is 1. The van der Waals surface area contributed by atoms with Gasteiger partial charge in [0, 0.05) is 11.1 Å². The van der Waals surface area contributed by atoms with Gasteiger partial charge in [0.15, 0.2) is 0 Å². The number of nitrogens with one attached hydrogen (secondary N) is 1. The highest BCUT2D eigenvalue weighted by Crippen LogP contribution is 2.41. The topological polar surface area (TPSA) is 15.3 Å². The van der Waals surface area contributed by atoms with E-state index in [0.717, 1.165) is 24.0 Å². The van der Waals surface area contributed by atoms with E-state index in [1.807, 2.05) is 12.1 Å². The molecule has 1 aromatic carbocycles. The Hall–Kier alpha value is -0.570. The van der Waals surface area contributed by atoms with Crippen molar-refractivity contribution >= 4 is 11.6 Å². The summed E-state index contributed by atoms with van der Waals surface area (Å²) in [5, 5.41) is 4.52. The first kappa shape index (κ1) is 13.9. The summed E-state index contributed by atoms with van der Waals surface area (Å²) in [6.45, 7) is 2.23. The van der Waals surface area contributed by atoms with Crippen LogP contribution in [0, 0.1) is 5.92 Å². The van der Waals surface area contributed by atoms with E-state index in [0.29, 0.717) is 6.04 Å². The summed E-state index contributed by atoms with van der Waals surface area (Å²) in [7, 11) is 4.25. The predicted octanol–water partition coefficient (Wildman–Crippen LogP) is 3.33. The summed E-state index contributed by atoms with van der Waals surface area (Å²) in [5.74, 6) is 0.825. The van der Waals surface area contributed by atoms with Crippen LogP contribution in [0.3, 0.4) is 0 Å². The molecule has 2 nitrogen and oxygen atoms in total. The fourth-order valence-corrected chi connectivity index (χ4v) is 2.44.